The van der Waals surface area contributed by atoms with Crippen LogP contribution in [0.5, 0.6) is 0 Å². The van der Waals surface area contributed by atoms with Gasteiger partial charge in [-0.1, -0.05) is 30.3 Å². The molecule has 0 aliphatic rings. The van der Waals surface area contributed by atoms with E-state index in [2.05, 4.69) is 0 Å². The zero-order chi connectivity index (χ0) is 15.9. The van der Waals surface area contributed by atoms with Gasteiger partial charge in [0.05, 0.1) is 0 Å². The first-order chi connectivity index (χ1) is 10.6. The first-order valence-corrected chi connectivity index (χ1v) is 8.48. The number of anilines is 1. The van der Waals surface area contributed by atoms with Gasteiger partial charge in [-0.3, -0.25) is 4.90 Å². The molecule has 2 aromatic carbocycles. The Bertz CT molecular complexity index is 634. The Morgan fingerprint density at radius 2 is 1.91 bits per heavy atom. The van der Waals surface area contributed by atoms with Crippen molar-refractivity contribution in [2.75, 3.05) is 17.2 Å². The number of nitrogens with zero attached hydrogens (tertiary/aromatic N) is 1. The summed E-state index contributed by atoms with van der Waals surface area (Å²) in [6.45, 7) is 2.49. The molecule has 0 fully saturated rings. The van der Waals surface area contributed by atoms with E-state index in [0.717, 1.165) is 10.5 Å². The van der Waals surface area contributed by atoms with Crippen LogP contribution in [0, 0.1) is 6.92 Å². The zero-order valence-corrected chi connectivity index (χ0v) is 13.9. The number of amides is 1. The molecular weight excluding hydrogens is 318 g/mol. The number of benzene rings is 2. The van der Waals surface area contributed by atoms with Gasteiger partial charge in [0.1, 0.15) is 0 Å². The fourth-order valence-corrected chi connectivity index (χ4v) is 3.46. The largest absolute Gasteiger partial charge is 0.465 e. The van der Waals surface area contributed by atoms with Gasteiger partial charge in [-0.15, -0.1) is 23.4 Å². The monoisotopic (exact) mass is 335 g/mol. The average molecular weight is 336 g/mol. The molecule has 0 aliphatic carbocycles. The minimum absolute atomic E-state index is 0.439. The predicted octanol–water partition coefficient (Wildman–Crippen LogP) is 5.01. The number of halogens is 1. The fraction of sp³-hybridized carbons (Fsp3) is 0.235. The van der Waals surface area contributed by atoms with Crippen LogP contribution < -0.4 is 4.90 Å². The lowest BCUT2D eigenvalue weighted by Gasteiger charge is -2.19. The van der Waals surface area contributed by atoms with Gasteiger partial charge in [-0.2, -0.15) is 0 Å². The predicted molar refractivity (Wildman–Crippen MR) is 93.3 cm³/mol. The molecule has 116 valence electrons. The number of carbonyl (C=O) groups is 1. The maximum atomic E-state index is 11.4. The molecule has 22 heavy (non-hydrogen) atoms. The highest BCUT2D eigenvalue weighted by molar-refractivity contribution is 7.99. The highest BCUT2D eigenvalue weighted by Crippen LogP contribution is 2.26. The first kappa shape index (κ1) is 16.7. The molecule has 0 aromatic heterocycles. The van der Waals surface area contributed by atoms with Crippen LogP contribution in [-0.2, 0) is 5.88 Å². The normalized spacial score (nSPS) is 10.5. The lowest BCUT2D eigenvalue weighted by atomic mass is 10.1. The summed E-state index contributed by atoms with van der Waals surface area (Å²) in [5.74, 6) is 1.18. The molecule has 0 heterocycles. The molecule has 0 saturated heterocycles. The molecule has 1 N–H and O–H groups in total. The highest BCUT2D eigenvalue weighted by atomic mass is 35.5. The third-order valence-electron chi connectivity index (χ3n) is 3.41. The Hall–Kier alpha value is -1.65. The molecule has 3 nitrogen and oxygen atoms in total. The van der Waals surface area contributed by atoms with Gasteiger partial charge in [-0.25, -0.2) is 4.79 Å². The van der Waals surface area contributed by atoms with Crippen LogP contribution in [0.1, 0.15) is 11.1 Å². The van der Waals surface area contributed by atoms with Crippen molar-refractivity contribution >= 4 is 35.1 Å². The van der Waals surface area contributed by atoms with Gasteiger partial charge < -0.3 is 5.11 Å². The molecule has 1 amide bonds. The summed E-state index contributed by atoms with van der Waals surface area (Å²) in [6.07, 6.45) is -0.932. The summed E-state index contributed by atoms with van der Waals surface area (Å²) in [4.78, 5) is 13.9. The SMILES string of the molecule is Cc1c(CCl)cccc1SCCN(C(=O)O)c1ccccc1. The number of carboxylic acid groups (broad SMARTS) is 1. The molecule has 2 aromatic rings. The van der Waals surface area contributed by atoms with Crippen LogP contribution in [0.25, 0.3) is 0 Å². The molecule has 5 heteroatoms. The number of hydrogen-bond donors (Lipinski definition) is 1. The summed E-state index contributed by atoms with van der Waals surface area (Å²) in [7, 11) is 0. The van der Waals surface area contributed by atoms with E-state index in [-0.39, 0.29) is 0 Å². The van der Waals surface area contributed by atoms with E-state index in [1.54, 1.807) is 23.9 Å². The van der Waals surface area contributed by atoms with Crippen LogP contribution in [0.3, 0.4) is 0 Å². The third kappa shape index (κ3) is 4.18. The molecule has 0 spiro atoms. The minimum Gasteiger partial charge on any atom is -0.465 e. The highest BCUT2D eigenvalue weighted by Gasteiger charge is 2.14. The second-order valence-electron chi connectivity index (χ2n) is 4.79. The lowest BCUT2D eigenvalue weighted by Crippen LogP contribution is -2.31. The Morgan fingerprint density at radius 3 is 2.55 bits per heavy atom. The van der Waals surface area contributed by atoms with E-state index >= 15 is 0 Å². The van der Waals surface area contributed by atoms with Crippen LogP contribution in [0.4, 0.5) is 10.5 Å². The van der Waals surface area contributed by atoms with Crippen molar-refractivity contribution in [1.29, 1.82) is 0 Å². The van der Waals surface area contributed by atoms with Gasteiger partial charge in [0.25, 0.3) is 0 Å². The van der Waals surface area contributed by atoms with Crippen LogP contribution in [-0.4, -0.2) is 23.5 Å². The smallest absolute Gasteiger partial charge is 0.411 e. The Kier molecular flexibility index (Phi) is 6.16. The minimum atomic E-state index is -0.932. The molecule has 0 unspecified atom stereocenters. The van der Waals surface area contributed by atoms with Gasteiger partial charge in [0.2, 0.25) is 0 Å². The fourth-order valence-electron chi connectivity index (χ4n) is 2.15. The third-order valence-corrected chi connectivity index (χ3v) is 4.84. The van der Waals surface area contributed by atoms with Gasteiger partial charge in [0.15, 0.2) is 0 Å². The number of thioether (sulfide) groups is 1. The Morgan fingerprint density at radius 1 is 1.18 bits per heavy atom. The summed E-state index contributed by atoms with van der Waals surface area (Å²) >= 11 is 7.57. The van der Waals surface area contributed by atoms with E-state index in [4.69, 9.17) is 11.6 Å². The van der Waals surface area contributed by atoms with Crippen LogP contribution >= 0.6 is 23.4 Å². The maximum Gasteiger partial charge on any atom is 0.411 e. The van der Waals surface area contributed by atoms with Crippen LogP contribution in [0.15, 0.2) is 53.4 Å². The second kappa shape index (κ2) is 8.11. The van der Waals surface area contributed by atoms with Crippen molar-refractivity contribution in [3.05, 3.63) is 59.7 Å². The number of rotatable bonds is 6. The first-order valence-electron chi connectivity index (χ1n) is 6.96. The van der Waals surface area contributed by atoms with Crippen molar-refractivity contribution in [2.45, 2.75) is 17.7 Å². The number of alkyl halides is 1. The topological polar surface area (TPSA) is 40.5 Å². The molecule has 2 rings (SSSR count). The Labute approximate surface area is 139 Å². The van der Waals surface area contributed by atoms with E-state index in [9.17, 15) is 9.90 Å². The summed E-state index contributed by atoms with van der Waals surface area (Å²) in [6, 6.07) is 15.2. The molecular formula is C17H18ClNO2S. The van der Waals surface area contributed by atoms with E-state index in [1.165, 1.54) is 10.5 Å². The van der Waals surface area contributed by atoms with Crippen molar-refractivity contribution in [1.82, 2.24) is 0 Å². The quantitative estimate of drug-likeness (QED) is 0.596. The van der Waals surface area contributed by atoms with Crippen LogP contribution in [0.2, 0.25) is 0 Å². The van der Waals surface area contributed by atoms with Gasteiger partial charge in [0, 0.05) is 28.8 Å². The molecule has 0 saturated carbocycles. The molecule has 0 aliphatic heterocycles. The average Bonchev–Trinajstić information content (AvgIpc) is 2.53. The lowest BCUT2D eigenvalue weighted by molar-refractivity contribution is 0.202. The number of hydrogen-bond acceptors (Lipinski definition) is 2. The van der Waals surface area contributed by atoms with E-state index in [0.29, 0.717) is 23.9 Å². The zero-order valence-electron chi connectivity index (χ0n) is 12.3. The molecule has 0 bridgehead atoms. The Balaban J connectivity index is 2.01. The van der Waals surface area contributed by atoms with E-state index < -0.39 is 6.09 Å². The molecule has 0 radical (unpaired) electrons. The summed E-state index contributed by atoms with van der Waals surface area (Å²) in [5, 5.41) is 9.36. The van der Waals surface area contributed by atoms with Crippen molar-refractivity contribution < 1.29 is 9.90 Å². The standard InChI is InChI=1S/C17H18ClNO2S/c1-13-14(12-18)6-5-9-16(13)22-11-10-19(17(20)21)15-7-3-2-4-8-15/h2-9H,10-12H2,1H3,(H,20,21). The van der Waals surface area contributed by atoms with Crippen molar-refractivity contribution in [3.63, 3.8) is 0 Å². The van der Waals surface area contributed by atoms with Gasteiger partial charge in [-0.05, 0) is 36.2 Å². The maximum absolute atomic E-state index is 11.4. The van der Waals surface area contributed by atoms with E-state index in [1.807, 2.05) is 43.3 Å². The second-order valence-corrected chi connectivity index (χ2v) is 6.20. The van der Waals surface area contributed by atoms with Gasteiger partial charge >= 0.3 is 6.09 Å². The van der Waals surface area contributed by atoms with Crippen molar-refractivity contribution in [3.8, 4) is 0 Å². The number of para-hydroxylation sites is 1. The summed E-state index contributed by atoms with van der Waals surface area (Å²) in [5.41, 5.74) is 2.98. The summed E-state index contributed by atoms with van der Waals surface area (Å²) < 4.78 is 0. The van der Waals surface area contributed by atoms with Crippen molar-refractivity contribution in [2.24, 2.45) is 0 Å². The molecule has 0 atom stereocenters.